The SMILES string of the molecule is CC1CCC2(CC1)NCC1(CCCCC1)CO2. The molecule has 1 saturated heterocycles. The summed E-state index contributed by atoms with van der Waals surface area (Å²) in [5, 5.41) is 3.79. The maximum absolute atomic E-state index is 6.34. The molecule has 98 valence electrons. The highest BCUT2D eigenvalue weighted by Crippen LogP contribution is 2.43. The van der Waals surface area contributed by atoms with Crippen LogP contribution in [-0.2, 0) is 4.74 Å². The standard InChI is InChI=1S/C15H27NO/c1-13-5-9-15(10-6-13)16-11-14(12-17-15)7-3-2-4-8-14/h13,16H,2-12H2,1H3. The summed E-state index contributed by atoms with van der Waals surface area (Å²) in [4.78, 5) is 0. The third-order valence-electron chi connectivity index (χ3n) is 5.44. The first-order chi connectivity index (χ1) is 8.22. The van der Waals surface area contributed by atoms with Gasteiger partial charge >= 0.3 is 0 Å². The lowest BCUT2D eigenvalue weighted by atomic mass is 9.72. The van der Waals surface area contributed by atoms with Crippen LogP contribution in [0, 0.1) is 11.3 Å². The highest BCUT2D eigenvalue weighted by molar-refractivity contribution is 4.95. The summed E-state index contributed by atoms with van der Waals surface area (Å²) in [6, 6.07) is 0. The third kappa shape index (κ3) is 2.39. The van der Waals surface area contributed by atoms with Gasteiger partial charge in [-0.2, -0.15) is 0 Å². The van der Waals surface area contributed by atoms with E-state index in [0.29, 0.717) is 5.41 Å². The van der Waals surface area contributed by atoms with Gasteiger partial charge in [-0.1, -0.05) is 26.2 Å². The van der Waals surface area contributed by atoms with Gasteiger partial charge in [0.2, 0.25) is 0 Å². The van der Waals surface area contributed by atoms with Crippen molar-refractivity contribution in [2.24, 2.45) is 11.3 Å². The van der Waals surface area contributed by atoms with Gasteiger partial charge in [-0.05, 0) is 44.4 Å². The molecule has 0 aromatic rings. The topological polar surface area (TPSA) is 21.3 Å². The molecule has 3 rings (SSSR count). The van der Waals surface area contributed by atoms with E-state index in [2.05, 4.69) is 12.2 Å². The average Bonchev–Trinajstić information content (AvgIpc) is 2.38. The molecule has 0 atom stereocenters. The molecule has 2 saturated carbocycles. The fourth-order valence-electron chi connectivity index (χ4n) is 3.91. The second kappa shape index (κ2) is 4.55. The predicted octanol–water partition coefficient (Wildman–Crippen LogP) is 3.46. The Labute approximate surface area is 105 Å². The Kier molecular flexibility index (Phi) is 3.20. The molecule has 17 heavy (non-hydrogen) atoms. The van der Waals surface area contributed by atoms with Crippen LogP contribution in [0.1, 0.15) is 64.7 Å². The normalized spacial score (nSPS) is 41.8. The van der Waals surface area contributed by atoms with E-state index in [9.17, 15) is 0 Å². The van der Waals surface area contributed by atoms with Crippen molar-refractivity contribution in [3.8, 4) is 0 Å². The van der Waals surface area contributed by atoms with Crippen LogP contribution in [0.15, 0.2) is 0 Å². The van der Waals surface area contributed by atoms with Gasteiger partial charge in [0.15, 0.2) is 0 Å². The van der Waals surface area contributed by atoms with Gasteiger partial charge in [0.05, 0.1) is 6.61 Å². The van der Waals surface area contributed by atoms with Gasteiger partial charge in [-0.3, -0.25) is 5.32 Å². The molecule has 2 heteroatoms. The summed E-state index contributed by atoms with van der Waals surface area (Å²) in [5.74, 6) is 0.900. The fourth-order valence-corrected chi connectivity index (χ4v) is 3.91. The summed E-state index contributed by atoms with van der Waals surface area (Å²) < 4.78 is 6.34. The van der Waals surface area contributed by atoms with Gasteiger partial charge < -0.3 is 4.74 Å². The molecule has 0 aromatic heterocycles. The number of hydrogen-bond acceptors (Lipinski definition) is 2. The van der Waals surface area contributed by atoms with Gasteiger partial charge in [-0.15, -0.1) is 0 Å². The highest BCUT2D eigenvalue weighted by atomic mass is 16.5. The van der Waals surface area contributed by atoms with Crippen LogP contribution in [0.2, 0.25) is 0 Å². The van der Waals surface area contributed by atoms with Crippen molar-refractivity contribution in [2.45, 2.75) is 70.4 Å². The van der Waals surface area contributed by atoms with E-state index in [-0.39, 0.29) is 5.72 Å². The molecule has 0 unspecified atom stereocenters. The Hall–Kier alpha value is -0.0800. The predicted molar refractivity (Wildman–Crippen MR) is 69.8 cm³/mol. The molecule has 1 N–H and O–H groups in total. The van der Waals surface area contributed by atoms with Crippen LogP contribution in [0.3, 0.4) is 0 Å². The lowest BCUT2D eigenvalue weighted by Crippen LogP contribution is -2.60. The minimum Gasteiger partial charge on any atom is -0.360 e. The van der Waals surface area contributed by atoms with E-state index in [4.69, 9.17) is 4.74 Å². The van der Waals surface area contributed by atoms with Gasteiger partial charge in [0.25, 0.3) is 0 Å². The van der Waals surface area contributed by atoms with Crippen LogP contribution in [0.4, 0.5) is 0 Å². The monoisotopic (exact) mass is 237 g/mol. The van der Waals surface area contributed by atoms with E-state index in [0.717, 1.165) is 12.5 Å². The Morgan fingerprint density at radius 1 is 1.00 bits per heavy atom. The van der Waals surface area contributed by atoms with Crippen molar-refractivity contribution in [2.75, 3.05) is 13.2 Å². The second-order valence-electron chi connectivity index (χ2n) is 6.88. The van der Waals surface area contributed by atoms with Crippen LogP contribution in [0.5, 0.6) is 0 Å². The van der Waals surface area contributed by atoms with E-state index < -0.39 is 0 Å². The molecule has 0 bridgehead atoms. The summed E-state index contributed by atoms with van der Waals surface area (Å²) in [6.45, 7) is 4.61. The Balaban J connectivity index is 1.59. The Morgan fingerprint density at radius 2 is 1.71 bits per heavy atom. The second-order valence-corrected chi connectivity index (χ2v) is 6.88. The zero-order valence-electron chi connectivity index (χ0n) is 11.3. The Morgan fingerprint density at radius 3 is 2.29 bits per heavy atom. The van der Waals surface area contributed by atoms with Gasteiger partial charge in [0.1, 0.15) is 5.72 Å². The zero-order valence-corrected chi connectivity index (χ0v) is 11.3. The summed E-state index contributed by atoms with van der Waals surface area (Å²) in [7, 11) is 0. The molecule has 2 aliphatic carbocycles. The molecule has 1 heterocycles. The first-order valence-electron chi connectivity index (χ1n) is 7.61. The zero-order chi connectivity index (χ0) is 11.8. The molecule has 2 nitrogen and oxygen atoms in total. The van der Waals surface area contributed by atoms with E-state index >= 15 is 0 Å². The van der Waals surface area contributed by atoms with E-state index in [1.165, 1.54) is 64.3 Å². The van der Waals surface area contributed by atoms with Crippen LogP contribution >= 0.6 is 0 Å². The van der Waals surface area contributed by atoms with E-state index in [1.807, 2.05) is 0 Å². The van der Waals surface area contributed by atoms with Gasteiger partial charge in [0, 0.05) is 12.0 Å². The first kappa shape index (κ1) is 12.0. The molecular weight excluding hydrogens is 210 g/mol. The van der Waals surface area contributed by atoms with Crippen molar-refractivity contribution in [1.29, 1.82) is 0 Å². The van der Waals surface area contributed by atoms with Crippen molar-refractivity contribution in [3.05, 3.63) is 0 Å². The molecule has 1 aliphatic heterocycles. The lowest BCUT2D eigenvalue weighted by Gasteiger charge is -2.51. The number of rotatable bonds is 0. The van der Waals surface area contributed by atoms with Crippen molar-refractivity contribution >= 4 is 0 Å². The molecule has 3 aliphatic rings. The number of ether oxygens (including phenoxy) is 1. The summed E-state index contributed by atoms with van der Waals surface area (Å²) in [6.07, 6.45) is 12.1. The maximum Gasteiger partial charge on any atom is 0.119 e. The first-order valence-corrected chi connectivity index (χ1v) is 7.61. The van der Waals surface area contributed by atoms with Gasteiger partial charge in [-0.25, -0.2) is 0 Å². The average molecular weight is 237 g/mol. The van der Waals surface area contributed by atoms with Crippen LogP contribution < -0.4 is 5.32 Å². The minimum absolute atomic E-state index is 0.0647. The third-order valence-corrected chi connectivity index (χ3v) is 5.44. The molecular formula is C15H27NO. The summed E-state index contributed by atoms with van der Waals surface area (Å²) >= 11 is 0. The molecule has 3 fully saturated rings. The van der Waals surface area contributed by atoms with Crippen LogP contribution in [0.25, 0.3) is 0 Å². The largest absolute Gasteiger partial charge is 0.360 e. The fraction of sp³-hybridized carbons (Fsp3) is 1.00. The highest BCUT2D eigenvalue weighted by Gasteiger charge is 2.44. The van der Waals surface area contributed by atoms with E-state index in [1.54, 1.807) is 0 Å². The lowest BCUT2D eigenvalue weighted by molar-refractivity contribution is -0.171. The van der Waals surface area contributed by atoms with Crippen molar-refractivity contribution < 1.29 is 4.74 Å². The molecule has 2 spiro atoms. The molecule has 0 amide bonds. The minimum atomic E-state index is 0.0647. The number of nitrogens with one attached hydrogen (secondary N) is 1. The van der Waals surface area contributed by atoms with Crippen molar-refractivity contribution in [3.63, 3.8) is 0 Å². The maximum atomic E-state index is 6.34. The quantitative estimate of drug-likeness (QED) is 0.696. The van der Waals surface area contributed by atoms with Crippen LogP contribution in [-0.4, -0.2) is 18.9 Å². The molecule has 0 radical (unpaired) electrons. The molecule has 0 aromatic carbocycles. The summed E-state index contributed by atoms with van der Waals surface area (Å²) in [5.41, 5.74) is 0.557. The van der Waals surface area contributed by atoms with Crippen molar-refractivity contribution in [1.82, 2.24) is 5.32 Å². The smallest absolute Gasteiger partial charge is 0.119 e. The number of hydrogen-bond donors (Lipinski definition) is 1. The Bertz CT molecular complexity index is 250.